The van der Waals surface area contributed by atoms with E-state index < -0.39 is 0 Å². The summed E-state index contributed by atoms with van der Waals surface area (Å²) in [6, 6.07) is 0. The van der Waals surface area contributed by atoms with Crippen molar-refractivity contribution in [3.05, 3.63) is 59.3 Å². The number of allylic oxidation sites excluding steroid dienone is 3. The monoisotopic (exact) mass is 463 g/mol. The fraction of sp³-hybridized carbons (Fsp3) is 0.304. The highest BCUT2D eigenvalue weighted by Crippen LogP contribution is 2.34. The van der Waals surface area contributed by atoms with E-state index in [-0.39, 0.29) is 5.91 Å². The summed E-state index contributed by atoms with van der Waals surface area (Å²) in [4.78, 5) is 37.6. The smallest absolute Gasteiger partial charge is 0.252 e. The third-order valence-electron chi connectivity index (χ3n) is 5.13. The lowest BCUT2D eigenvalue weighted by molar-refractivity contribution is 0.0956. The molecule has 33 heavy (non-hydrogen) atoms. The fourth-order valence-electron chi connectivity index (χ4n) is 3.47. The van der Waals surface area contributed by atoms with E-state index >= 15 is 0 Å². The molecular formula is C23H25N7O2S. The number of amides is 1. The van der Waals surface area contributed by atoms with Gasteiger partial charge in [-0.15, -0.1) is 11.3 Å². The van der Waals surface area contributed by atoms with E-state index in [0.29, 0.717) is 56.4 Å². The maximum Gasteiger partial charge on any atom is 0.252 e. The highest BCUT2D eigenvalue weighted by Gasteiger charge is 2.24. The number of carbonyl (C=O) groups is 1. The second-order valence-electron chi connectivity index (χ2n) is 7.29. The number of aliphatic imine (C=N–C) groups is 1. The number of ether oxygens (including phenoxy) is 1. The molecule has 3 aromatic heterocycles. The Hall–Kier alpha value is -3.50. The molecule has 0 spiro atoms. The van der Waals surface area contributed by atoms with Gasteiger partial charge in [-0.25, -0.2) is 19.9 Å². The Bertz CT molecular complexity index is 1180. The minimum absolute atomic E-state index is 0.157. The number of nitrogens with one attached hydrogen (secondary N) is 1. The summed E-state index contributed by atoms with van der Waals surface area (Å²) < 4.78 is 5.52. The number of aromatic nitrogens is 4. The van der Waals surface area contributed by atoms with Gasteiger partial charge in [-0.05, 0) is 31.7 Å². The molecule has 9 nitrogen and oxygen atoms in total. The molecule has 4 rings (SSSR count). The summed E-state index contributed by atoms with van der Waals surface area (Å²) >= 11 is 1.42. The minimum atomic E-state index is -0.157. The molecule has 0 aliphatic carbocycles. The van der Waals surface area contributed by atoms with Gasteiger partial charge >= 0.3 is 0 Å². The lowest BCUT2D eigenvalue weighted by atomic mass is 10.2. The van der Waals surface area contributed by atoms with Crippen LogP contribution in [0.15, 0.2) is 47.3 Å². The van der Waals surface area contributed by atoms with Crippen LogP contribution in [0.4, 0.5) is 5.82 Å². The van der Waals surface area contributed by atoms with Crippen molar-refractivity contribution in [2.45, 2.75) is 13.3 Å². The van der Waals surface area contributed by atoms with Crippen molar-refractivity contribution >= 4 is 45.7 Å². The number of fused-ring (bicyclic) bond motifs is 1. The van der Waals surface area contributed by atoms with Crippen molar-refractivity contribution < 1.29 is 9.53 Å². The summed E-state index contributed by atoms with van der Waals surface area (Å²) in [6.45, 7) is 8.65. The van der Waals surface area contributed by atoms with Gasteiger partial charge in [-0.1, -0.05) is 12.2 Å². The summed E-state index contributed by atoms with van der Waals surface area (Å²) in [5.41, 5.74) is 2.11. The van der Waals surface area contributed by atoms with E-state index in [2.05, 4.69) is 31.9 Å². The maximum atomic E-state index is 13.1. The zero-order chi connectivity index (χ0) is 23.0. The molecule has 1 aliphatic heterocycles. The zero-order valence-electron chi connectivity index (χ0n) is 18.4. The number of anilines is 1. The Morgan fingerprint density at radius 3 is 2.82 bits per heavy atom. The molecule has 0 radical (unpaired) electrons. The SMILES string of the molecule is C=N/C(=C\C=C/C)c1nc(N2CCOCC2)c2c(C(=O)NCCc3cncnc3)csc2n1. The molecule has 10 heteroatoms. The van der Waals surface area contributed by atoms with E-state index in [1.165, 1.54) is 17.7 Å². The number of hydrogen-bond acceptors (Lipinski definition) is 9. The van der Waals surface area contributed by atoms with Crippen LogP contribution in [0.3, 0.4) is 0 Å². The minimum Gasteiger partial charge on any atom is -0.378 e. The molecule has 3 aromatic rings. The Morgan fingerprint density at radius 2 is 2.09 bits per heavy atom. The third-order valence-corrected chi connectivity index (χ3v) is 6.00. The summed E-state index contributed by atoms with van der Waals surface area (Å²) in [6.07, 6.45) is 11.2. The zero-order valence-corrected chi connectivity index (χ0v) is 19.2. The first-order valence-corrected chi connectivity index (χ1v) is 11.5. The van der Waals surface area contributed by atoms with Crippen LogP contribution in [0.2, 0.25) is 0 Å². The van der Waals surface area contributed by atoms with Gasteiger partial charge in [0.05, 0.1) is 24.2 Å². The third kappa shape index (κ3) is 5.29. The lowest BCUT2D eigenvalue weighted by Crippen LogP contribution is -2.37. The van der Waals surface area contributed by atoms with Gasteiger partial charge in [0.1, 0.15) is 22.7 Å². The normalized spacial score (nSPS) is 14.7. The first-order valence-electron chi connectivity index (χ1n) is 10.7. The van der Waals surface area contributed by atoms with E-state index in [4.69, 9.17) is 14.7 Å². The Kier molecular flexibility index (Phi) is 7.48. The van der Waals surface area contributed by atoms with Crippen molar-refractivity contribution in [2.75, 3.05) is 37.7 Å². The first kappa shape index (κ1) is 22.7. The Morgan fingerprint density at radius 1 is 1.30 bits per heavy atom. The molecule has 1 amide bonds. The number of hydrogen-bond donors (Lipinski definition) is 1. The maximum absolute atomic E-state index is 13.1. The van der Waals surface area contributed by atoms with Gasteiger partial charge in [0.15, 0.2) is 5.82 Å². The fourth-order valence-corrected chi connectivity index (χ4v) is 4.38. The topological polar surface area (TPSA) is 105 Å². The number of nitrogens with zero attached hydrogens (tertiary/aromatic N) is 6. The number of morpholine rings is 1. The summed E-state index contributed by atoms with van der Waals surface area (Å²) in [5.74, 6) is 1.04. The number of carbonyl (C=O) groups excluding carboxylic acids is 1. The van der Waals surface area contributed by atoms with Crippen molar-refractivity contribution in [3.63, 3.8) is 0 Å². The highest BCUT2D eigenvalue weighted by molar-refractivity contribution is 7.17. The van der Waals surface area contributed by atoms with Crippen molar-refractivity contribution in [2.24, 2.45) is 4.99 Å². The Labute approximate surface area is 196 Å². The van der Waals surface area contributed by atoms with E-state index in [1.807, 2.05) is 30.5 Å². The molecule has 4 heterocycles. The molecule has 1 fully saturated rings. The largest absolute Gasteiger partial charge is 0.378 e. The molecule has 0 saturated carbocycles. The second-order valence-corrected chi connectivity index (χ2v) is 8.15. The van der Waals surface area contributed by atoms with Crippen LogP contribution in [0.1, 0.15) is 28.7 Å². The van der Waals surface area contributed by atoms with Crippen LogP contribution in [-0.4, -0.2) is 65.4 Å². The molecular weight excluding hydrogens is 438 g/mol. The average Bonchev–Trinajstić information content (AvgIpc) is 3.29. The first-order chi connectivity index (χ1) is 16.2. The van der Waals surface area contributed by atoms with Crippen LogP contribution in [-0.2, 0) is 11.2 Å². The van der Waals surface area contributed by atoms with Gasteiger partial charge < -0.3 is 15.0 Å². The van der Waals surface area contributed by atoms with Crippen molar-refractivity contribution in [1.29, 1.82) is 0 Å². The van der Waals surface area contributed by atoms with Gasteiger partial charge in [-0.2, -0.15) is 0 Å². The van der Waals surface area contributed by atoms with Crippen LogP contribution >= 0.6 is 11.3 Å². The van der Waals surface area contributed by atoms with E-state index in [1.54, 1.807) is 12.4 Å². The molecule has 1 aliphatic rings. The van der Waals surface area contributed by atoms with Crippen LogP contribution in [0, 0.1) is 0 Å². The molecule has 1 saturated heterocycles. The Balaban J connectivity index is 1.67. The van der Waals surface area contributed by atoms with Gasteiger partial charge in [0.25, 0.3) is 5.91 Å². The molecule has 0 bridgehead atoms. The summed E-state index contributed by atoms with van der Waals surface area (Å²) in [7, 11) is 0. The highest BCUT2D eigenvalue weighted by atomic mass is 32.1. The average molecular weight is 464 g/mol. The summed E-state index contributed by atoms with van der Waals surface area (Å²) in [5, 5.41) is 5.59. The van der Waals surface area contributed by atoms with E-state index in [9.17, 15) is 4.79 Å². The molecule has 0 atom stereocenters. The predicted octanol–water partition coefficient (Wildman–Crippen LogP) is 2.91. The molecule has 0 aromatic carbocycles. The van der Waals surface area contributed by atoms with Gasteiger partial charge in [-0.3, -0.25) is 9.79 Å². The quantitative estimate of drug-likeness (QED) is 0.404. The molecule has 0 unspecified atom stereocenters. The molecule has 170 valence electrons. The van der Waals surface area contributed by atoms with E-state index in [0.717, 1.165) is 21.6 Å². The molecule has 1 N–H and O–H groups in total. The van der Waals surface area contributed by atoms with Crippen LogP contribution in [0.25, 0.3) is 15.9 Å². The number of thiophene rings is 1. The van der Waals surface area contributed by atoms with Crippen LogP contribution in [0.5, 0.6) is 0 Å². The predicted molar refractivity (Wildman–Crippen MR) is 131 cm³/mol. The van der Waals surface area contributed by atoms with Gasteiger partial charge in [0, 0.05) is 37.4 Å². The van der Waals surface area contributed by atoms with Crippen molar-refractivity contribution in [3.8, 4) is 0 Å². The lowest BCUT2D eigenvalue weighted by Gasteiger charge is -2.28. The second kappa shape index (κ2) is 10.9. The van der Waals surface area contributed by atoms with Gasteiger partial charge in [0.2, 0.25) is 0 Å². The van der Waals surface area contributed by atoms with Crippen molar-refractivity contribution in [1.82, 2.24) is 25.3 Å². The standard InChI is InChI=1S/C23H25N7O2S/c1-3-4-5-18(24-2)20-28-21(30-8-10-32-11-9-30)19-17(14-33-23(19)29-20)22(31)27-7-6-16-12-25-15-26-13-16/h3-5,12-15H,2,6-11H2,1H3,(H,27,31)/b4-3-,18-5-. The number of rotatable bonds is 8. The van der Waals surface area contributed by atoms with Crippen LogP contribution < -0.4 is 10.2 Å².